The van der Waals surface area contributed by atoms with Gasteiger partial charge in [-0.1, -0.05) is 0 Å². The number of amides is 1. The molecule has 1 amide bonds. The van der Waals surface area contributed by atoms with E-state index < -0.39 is 5.95 Å². The Morgan fingerprint density at radius 1 is 1.36 bits per heavy atom. The lowest BCUT2D eigenvalue weighted by Gasteiger charge is -2.20. The number of fused-ring (bicyclic) bond motifs is 2. The predicted octanol–water partition coefficient (Wildman–Crippen LogP) is 2.10. The molecule has 0 aliphatic carbocycles. The smallest absolute Gasteiger partial charge is 0.287 e. The van der Waals surface area contributed by atoms with Crippen molar-refractivity contribution in [1.29, 1.82) is 0 Å². The zero-order chi connectivity index (χ0) is 15.1. The van der Waals surface area contributed by atoms with Crippen LogP contribution in [-0.2, 0) is 0 Å². The van der Waals surface area contributed by atoms with Crippen molar-refractivity contribution in [3.8, 4) is 11.3 Å². The van der Waals surface area contributed by atoms with Gasteiger partial charge in [-0.25, -0.2) is 4.98 Å². The maximum Gasteiger partial charge on any atom is 0.287 e. The van der Waals surface area contributed by atoms with Crippen LogP contribution in [0.2, 0.25) is 0 Å². The number of hydrogen-bond donors (Lipinski definition) is 2. The molecule has 6 heteroatoms. The molecule has 4 rings (SSSR count). The molecule has 0 radical (unpaired) electrons. The summed E-state index contributed by atoms with van der Waals surface area (Å²) in [5.74, 6) is -0.362. The van der Waals surface area contributed by atoms with Crippen LogP contribution >= 0.6 is 0 Å². The first-order valence-corrected chi connectivity index (χ1v) is 7.48. The van der Waals surface area contributed by atoms with Crippen molar-refractivity contribution in [1.82, 2.24) is 15.6 Å². The highest BCUT2D eigenvalue weighted by molar-refractivity contribution is 5.92. The molecule has 0 unspecified atom stereocenters. The van der Waals surface area contributed by atoms with Crippen molar-refractivity contribution in [3.63, 3.8) is 0 Å². The summed E-state index contributed by atoms with van der Waals surface area (Å²) < 4.78 is 19.1. The topological polar surface area (TPSA) is 67.2 Å². The van der Waals surface area contributed by atoms with Gasteiger partial charge in [0.2, 0.25) is 5.95 Å². The van der Waals surface area contributed by atoms with Crippen LogP contribution in [0.1, 0.15) is 29.8 Å². The van der Waals surface area contributed by atoms with E-state index in [1.165, 1.54) is 12.6 Å². The third-order valence-corrected chi connectivity index (χ3v) is 4.47. The molecule has 2 aromatic rings. The van der Waals surface area contributed by atoms with Crippen LogP contribution in [0, 0.1) is 5.95 Å². The lowest BCUT2D eigenvalue weighted by molar-refractivity contribution is 0.0903. The number of carbonyl (C=O) groups is 1. The summed E-state index contributed by atoms with van der Waals surface area (Å²) in [5, 5.41) is 6.47. The van der Waals surface area contributed by atoms with Crippen molar-refractivity contribution >= 4 is 5.91 Å². The molecule has 0 spiro atoms. The third kappa shape index (κ3) is 2.29. The van der Waals surface area contributed by atoms with Gasteiger partial charge >= 0.3 is 0 Å². The van der Waals surface area contributed by atoms with Gasteiger partial charge in [-0.2, -0.15) is 4.39 Å². The summed E-state index contributed by atoms with van der Waals surface area (Å²) in [6.45, 7) is 0. The van der Waals surface area contributed by atoms with Gasteiger partial charge in [0.25, 0.3) is 5.91 Å². The summed E-state index contributed by atoms with van der Waals surface area (Å²) in [5.41, 5.74) is 0.253. The maximum atomic E-state index is 13.6. The van der Waals surface area contributed by atoms with Crippen LogP contribution in [-0.4, -0.2) is 29.0 Å². The van der Waals surface area contributed by atoms with Crippen molar-refractivity contribution in [2.75, 3.05) is 0 Å². The highest BCUT2D eigenvalue weighted by Gasteiger charge is 2.39. The average molecular weight is 301 g/mol. The highest BCUT2D eigenvalue weighted by Crippen LogP contribution is 2.29. The predicted molar refractivity (Wildman–Crippen MR) is 77.7 cm³/mol. The molecule has 2 N–H and O–H groups in total. The fourth-order valence-corrected chi connectivity index (χ4v) is 3.40. The Balaban J connectivity index is 1.49. The van der Waals surface area contributed by atoms with Crippen LogP contribution in [0.3, 0.4) is 0 Å². The van der Waals surface area contributed by atoms with E-state index in [0.29, 0.717) is 17.8 Å². The lowest BCUT2D eigenvalue weighted by Crippen LogP contribution is -2.42. The van der Waals surface area contributed by atoms with Gasteiger partial charge in [-0.15, -0.1) is 0 Å². The van der Waals surface area contributed by atoms with E-state index in [9.17, 15) is 9.18 Å². The first-order chi connectivity index (χ1) is 10.7. The first-order valence-electron chi connectivity index (χ1n) is 7.48. The molecule has 0 saturated carbocycles. The van der Waals surface area contributed by atoms with Gasteiger partial charge in [0.05, 0.1) is 5.56 Å². The molecular formula is C16H16FN3O2. The summed E-state index contributed by atoms with van der Waals surface area (Å²) in [4.78, 5) is 15.8. The Morgan fingerprint density at radius 2 is 2.27 bits per heavy atom. The molecular weight excluding hydrogens is 285 g/mol. The minimum atomic E-state index is -0.610. The number of aromatic nitrogens is 1. The van der Waals surface area contributed by atoms with E-state index in [-0.39, 0.29) is 23.3 Å². The minimum Gasteiger partial charge on any atom is -0.451 e. The highest BCUT2D eigenvalue weighted by atomic mass is 19.1. The van der Waals surface area contributed by atoms with Crippen LogP contribution in [0.15, 0.2) is 34.9 Å². The van der Waals surface area contributed by atoms with E-state index in [4.69, 9.17) is 4.42 Å². The third-order valence-electron chi connectivity index (χ3n) is 4.47. The molecule has 0 aromatic carbocycles. The molecule has 2 aliphatic heterocycles. The molecule has 2 saturated heterocycles. The standard InChI is InChI=1S/C16H16FN3O2/c17-15-10(2-1-7-18-15)13-5-6-14(22-13)16(21)20-12-8-9-3-4-11(12)19-9/h1-2,5-7,9,11-12,19H,3-4,8H2,(H,20,21)/t9-,11+,12-/m1/s1. The molecule has 2 bridgehead atoms. The summed E-state index contributed by atoms with van der Waals surface area (Å²) >= 11 is 0. The molecule has 114 valence electrons. The average Bonchev–Trinajstić information content (AvgIpc) is 3.24. The number of pyridine rings is 1. The van der Waals surface area contributed by atoms with Crippen LogP contribution in [0.25, 0.3) is 11.3 Å². The fourth-order valence-electron chi connectivity index (χ4n) is 3.40. The Bertz CT molecular complexity index is 715. The zero-order valence-corrected chi connectivity index (χ0v) is 11.9. The molecule has 3 atom stereocenters. The summed E-state index contributed by atoms with van der Waals surface area (Å²) in [6.07, 6.45) is 4.61. The molecule has 2 aromatic heterocycles. The van der Waals surface area contributed by atoms with Gasteiger partial charge < -0.3 is 15.1 Å². The SMILES string of the molecule is O=C(N[C@@H]1C[C@H]2CC[C@@H]1N2)c1ccc(-c2cccnc2F)o1. The summed E-state index contributed by atoms with van der Waals surface area (Å²) in [7, 11) is 0. The number of nitrogens with zero attached hydrogens (tertiary/aromatic N) is 1. The van der Waals surface area contributed by atoms with Crippen molar-refractivity contribution in [3.05, 3.63) is 42.2 Å². The zero-order valence-electron chi connectivity index (χ0n) is 11.9. The van der Waals surface area contributed by atoms with E-state index in [2.05, 4.69) is 15.6 Å². The summed E-state index contributed by atoms with van der Waals surface area (Å²) in [6, 6.07) is 7.39. The molecule has 22 heavy (non-hydrogen) atoms. The second-order valence-corrected chi connectivity index (χ2v) is 5.87. The Morgan fingerprint density at radius 3 is 3.00 bits per heavy atom. The Kier molecular flexibility index (Phi) is 3.18. The normalized spacial score (nSPS) is 26.3. The second kappa shape index (κ2) is 5.21. The Hall–Kier alpha value is -2.21. The van der Waals surface area contributed by atoms with Crippen molar-refractivity contribution < 1.29 is 13.6 Å². The van der Waals surface area contributed by atoms with Gasteiger partial charge in [0, 0.05) is 24.3 Å². The van der Waals surface area contributed by atoms with Crippen molar-refractivity contribution in [2.24, 2.45) is 0 Å². The number of nitrogens with one attached hydrogen (secondary N) is 2. The second-order valence-electron chi connectivity index (χ2n) is 5.87. The van der Waals surface area contributed by atoms with Crippen LogP contribution in [0.4, 0.5) is 4.39 Å². The molecule has 5 nitrogen and oxygen atoms in total. The number of furan rings is 1. The number of rotatable bonds is 3. The number of hydrogen-bond acceptors (Lipinski definition) is 4. The molecule has 2 aliphatic rings. The van der Waals surface area contributed by atoms with E-state index in [0.717, 1.165) is 12.8 Å². The van der Waals surface area contributed by atoms with Crippen LogP contribution < -0.4 is 10.6 Å². The van der Waals surface area contributed by atoms with Gasteiger partial charge in [-0.05, 0) is 43.5 Å². The molecule has 4 heterocycles. The Labute approximate surface area is 126 Å². The maximum absolute atomic E-state index is 13.6. The monoisotopic (exact) mass is 301 g/mol. The van der Waals surface area contributed by atoms with Crippen LogP contribution in [0.5, 0.6) is 0 Å². The largest absolute Gasteiger partial charge is 0.451 e. The van der Waals surface area contributed by atoms with Gasteiger partial charge in [-0.3, -0.25) is 4.79 Å². The number of carbonyl (C=O) groups excluding carboxylic acids is 1. The van der Waals surface area contributed by atoms with Crippen molar-refractivity contribution in [2.45, 2.75) is 37.4 Å². The fraction of sp³-hybridized carbons (Fsp3) is 0.375. The minimum absolute atomic E-state index is 0.148. The first kappa shape index (κ1) is 13.5. The quantitative estimate of drug-likeness (QED) is 0.852. The van der Waals surface area contributed by atoms with Gasteiger partial charge in [0.1, 0.15) is 5.76 Å². The van der Waals surface area contributed by atoms with Gasteiger partial charge in [0.15, 0.2) is 5.76 Å². The van der Waals surface area contributed by atoms with E-state index in [1.807, 2.05) is 0 Å². The van der Waals surface area contributed by atoms with E-state index in [1.54, 1.807) is 24.3 Å². The van der Waals surface area contributed by atoms with E-state index >= 15 is 0 Å². The molecule has 2 fully saturated rings. The lowest BCUT2D eigenvalue weighted by atomic mass is 9.95. The number of halogens is 1.